The Morgan fingerprint density at radius 2 is 2.00 bits per heavy atom. The molecular formula is C10H16N2O. The molecule has 3 heteroatoms. The van der Waals surface area contributed by atoms with Crippen molar-refractivity contribution < 1.29 is 5.11 Å². The topological polar surface area (TPSA) is 45.1 Å². The normalized spacial score (nSPS) is 15.3. The number of pyridine rings is 1. The molecule has 0 saturated heterocycles. The highest BCUT2D eigenvalue weighted by atomic mass is 16.3. The van der Waals surface area contributed by atoms with Crippen LogP contribution in [-0.2, 0) is 0 Å². The lowest BCUT2D eigenvalue weighted by Crippen LogP contribution is -2.27. The minimum atomic E-state index is -0.302. The van der Waals surface area contributed by atoms with Crippen LogP contribution in [0.5, 0.6) is 0 Å². The molecule has 13 heavy (non-hydrogen) atoms. The summed E-state index contributed by atoms with van der Waals surface area (Å²) in [6.07, 6.45) is 3.25. The van der Waals surface area contributed by atoms with Crippen LogP contribution >= 0.6 is 0 Å². The molecule has 0 aliphatic heterocycles. The van der Waals surface area contributed by atoms with Gasteiger partial charge in [-0.15, -0.1) is 0 Å². The van der Waals surface area contributed by atoms with Gasteiger partial charge in [-0.3, -0.25) is 4.98 Å². The molecule has 0 radical (unpaired) electrons. The van der Waals surface area contributed by atoms with E-state index in [2.05, 4.69) is 17.2 Å². The quantitative estimate of drug-likeness (QED) is 0.729. The first-order valence-corrected chi connectivity index (χ1v) is 4.51. The second-order valence-corrected chi connectivity index (χ2v) is 3.26. The largest absolute Gasteiger partial charge is 0.392 e. The van der Waals surface area contributed by atoms with E-state index in [9.17, 15) is 0 Å². The maximum Gasteiger partial charge on any atom is 0.0636 e. The molecule has 2 atom stereocenters. The molecule has 0 aliphatic carbocycles. The second-order valence-electron chi connectivity index (χ2n) is 3.26. The number of nitrogens with zero attached hydrogens (tertiary/aromatic N) is 1. The summed E-state index contributed by atoms with van der Waals surface area (Å²) in [4.78, 5) is 3.95. The van der Waals surface area contributed by atoms with Gasteiger partial charge < -0.3 is 10.4 Å². The molecule has 1 unspecified atom stereocenters. The SMILES string of the molecule is CC(O)CN[C@@H](C)c1ccncc1. The lowest BCUT2D eigenvalue weighted by atomic mass is 10.1. The van der Waals surface area contributed by atoms with Gasteiger partial charge in [0.15, 0.2) is 0 Å². The summed E-state index contributed by atoms with van der Waals surface area (Å²) in [6, 6.07) is 4.21. The minimum absolute atomic E-state index is 0.262. The van der Waals surface area contributed by atoms with Gasteiger partial charge in [0.1, 0.15) is 0 Å². The van der Waals surface area contributed by atoms with Crippen molar-refractivity contribution in [1.29, 1.82) is 0 Å². The van der Waals surface area contributed by atoms with Crippen molar-refractivity contribution in [2.75, 3.05) is 6.54 Å². The Kier molecular flexibility index (Phi) is 3.86. The molecule has 0 fully saturated rings. The van der Waals surface area contributed by atoms with Crippen molar-refractivity contribution in [3.63, 3.8) is 0 Å². The summed E-state index contributed by atoms with van der Waals surface area (Å²) >= 11 is 0. The van der Waals surface area contributed by atoms with Gasteiger partial charge in [0.25, 0.3) is 0 Å². The van der Waals surface area contributed by atoms with Crippen molar-refractivity contribution in [2.45, 2.75) is 26.0 Å². The summed E-state index contributed by atoms with van der Waals surface area (Å²) in [6.45, 7) is 4.45. The highest BCUT2D eigenvalue weighted by Gasteiger charge is 2.04. The molecule has 1 aromatic heterocycles. The molecule has 0 aliphatic rings. The summed E-state index contributed by atoms with van der Waals surface area (Å²) in [5, 5.41) is 12.3. The lowest BCUT2D eigenvalue weighted by molar-refractivity contribution is 0.187. The van der Waals surface area contributed by atoms with E-state index >= 15 is 0 Å². The molecule has 1 rings (SSSR count). The number of aromatic nitrogens is 1. The summed E-state index contributed by atoms with van der Waals surface area (Å²) < 4.78 is 0. The average molecular weight is 180 g/mol. The molecule has 1 heterocycles. The molecule has 2 N–H and O–H groups in total. The van der Waals surface area contributed by atoms with Gasteiger partial charge in [-0.2, -0.15) is 0 Å². The number of aliphatic hydroxyl groups excluding tert-OH is 1. The van der Waals surface area contributed by atoms with Crippen LogP contribution in [0, 0.1) is 0 Å². The van der Waals surface area contributed by atoms with E-state index in [1.165, 1.54) is 5.56 Å². The minimum Gasteiger partial charge on any atom is -0.392 e. The molecule has 1 aromatic rings. The van der Waals surface area contributed by atoms with Crippen molar-refractivity contribution in [3.05, 3.63) is 30.1 Å². The van der Waals surface area contributed by atoms with Crippen LogP contribution in [0.3, 0.4) is 0 Å². The van der Waals surface area contributed by atoms with Crippen molar-refractivity contribution in [2.24, 2.45) is 0 Å². The molecule has 72 valence electrons. The maximum absolute atomic E-state index is 9.07. The van der Waals surface area contributed by atoms with Gasteiger partial charge in [0.2, 0.25) is 0 Å². The van der Waals surface area contributed by atoms with E-state index in [-0.39, 0.29) is 12.1 Å². The number of hydrogen-bond acceptors (Lipinski definition) is 3. The summed E-state index contributed by atoms with van der Waals surface area (Å²) in [5.74, 6) is 0. The van der Waals surface area contributed by atoms with Crippen LogP contribution in [0.2, 0.25) is 0 Å². The first kappa shape index (κ1) is 10.2. The number of nitrogens with one attached hydrogen (secondary N) is 1. The van der Waals surface area contributed by atoms with Crippen LogP contribution in [-0.4, -0.2) is 22.7 Å². The zero-order valence-electron chi connectivity index (χ0n) is 8.07. The number of aliphatic hydroxyl groups is 1. The van der Waals surface area contributed by atoms with E-state index in [0.29, 0.717) is 6.54 Å². The van der Waals surface area contributed by atoms with Gasteiger partial charge >= 0.3 is 0 Å². The van der Waals surface area contributed by atoms with E-state index in [1.54, 1.807) is 19.3 Å². The van der Waals surface area contributed by atoms with Gasteiger partial charge in [0, 0.05) is 25.0 Å². The van der Waals surface area contributed by atoms with E-state index in [1.807, 2.05) is 12.1 Å². The number of hydrogen-bond donors (Lipinski definition) is 2. The monoisotopic (exact) mass is 180 g/mol. The third-order valence-electron chi connectivity index (χ3n) is 1.93. The molecule has 0 bridgehead atoms. The van der Waals surface area contributed by atoms with Crippen LogP contribution in [0.1, 0.15) is 25.5 Å². The number of rotatable bonds is 4. The molecule has 0 amide bonds. The van der Waals surface area contributed by atoms with Gasteiger partial charge in [-0.05, 0) is 31.5 Å². The Morgan fingerprint density at radius 3 is 2.54 bits per heavy atom. The van der Waals surface area contributed by atoms with Crippen LogP contribution < -0.4 is 5.32 Å². The maximum atomic E-state index is 9.07. The fourth-order valence-electron chi connectivity index (χ4n) is 1.12. The Labute approximate surface area is 78.8 Å². The predicted octanol–water partition coefficient (Wildman–Crippen LogP) is 1.11. The molecular weight excluding hydrogens is 164 g/mol. The zero-order chi connectivity index (χ0) is 9.68. The fraction of sp³-hybridized carbons (Fsp3) is 0.500. The Balaban J connectivity index is 2.44. The predicted molar refractivity (Wildman–Crippen MR) is 52.3 cm³/mol. The van der Waals surface area contributed by atoms with E-state index in [4.69, 9.17) is 5.11 Å². The highest BCUT2D eigenvalue weighted by molar-refractivity contribution is 5.13. The Hall–Kier alpha value is -0.930. The first-order chi connectivity index (χ1) is 6.20. The van der Waals surface area contributed by atoms with E-state index in [0.717, 1.165) is 0 Å². The lowest BCUT2D eigenvalue weighted by Gasteiger charge is -2.14. The van der Waals surface area contributed by atoms with Crippen LogP contribution in [0.4, 0.5) is 0 Å². The molecule has 3 nitrogen and oxygen atoms in total. The fourth-order valence-corrected chi connectivity index (χ4v) is 1.12. The summed E-state index contributed by atoms with van der Waals surface area (Å²) in [5.41, 5.74) is 1.19. The third kappa shape index (κ3) is 3.53. The van der Waals surface area contributed by atoms with Crippen molar-refractivity contribution >= 4 is 0 Å². The van der Waals surface area contributed by atoms with Crippen molar-refractivity contribution in [3.8, 4) is 0 Å². The van der Waals surface area contributed by atoms with Crippen molar-refractivity contribution in [1.82, 2.24) is 10.3 Å². The van der Waals surface area contributed by atoms with Gasteiger partial charge in [0.05, 0.1) is 6.10 Å². The molecule has 0 spiro atoms. The Bertz CT molecular complexity index is 236. The third-order valence-corrected chi connectivity index (χ3v) is 1.93. The zero-order valence-corrected chi connectivity index (χ0v) is 8.07. The highest BCUT2D eigenvalue weighted by Crippen LogP contribution is 2.09. The van der Waals surface area contributed by atoms with Gasteiger partial charge in [-0.1, -0.05) is 0 Å². The standard InChI is InChI=1S/C10H16N2O/c1-8(13)7-12-9(2)10-3-5-11-6-4-10/h3-6,8-9,12-13H,7H2,1-2H3/t8?,9-/m0/s1. The second kappa shape index (κ2) is 4.94. The van der Waals surface area contributed by atoms with E-state index < -0.39 is 0 Å². The Morgan fingerprint density at radius 1 is 1.38 bits per heavy atom. The molecule has 0 aromatic carbocycles. The summed E-state index contributed by atoms with van der Waals surface area (Å²) in [7, 11) is 0. The smallest absolute Gasteiger partial charge is 0.0636 e. The molecule has 0 saturated carbocycles. The van der Waals surface area contributed by atoms with Gasteiger partial charge in [-0.25, -0.2) is 0 Å². The first-order valence-electron chi connectivity index (χ1n) is 4.51. The van der Waals surface area contributed by atoms with Crippen LogP contribution in [0.25, 0.3) is 0 Å². The average Bonchev–Trinajstić information content (AvgIpc) is 2.15. The van der Waals surface area contributed by atoms with Crippen LogP contribution in [0.15, 0.2) is 24.5 Å².